The number of morpholine rings is 1. The van der Waals surface area contributed by atoms with Gasteiger partial charge in [0.15, 0.2) is 6.10 Å². The standard InChI is InChI=1S/C21H24N2O6/c1-13(24)28-18(20(26)29-21(2,3)4)17-19(25)23(10-11-27-17)15-8-7-14-6-5-9-22-16(14)12-15/h5-9,12,17-18H,10-11H2,1-4H3/t17-,18-/m1/s1. The molecule has 1 aliphatic rings. The number of hydrogen-bond donors (Lipinski definition) is 0. The third-order valence-corrected chi connectivity index (χ3v) is 4.23. The summed E-state index contributed by atoms with van der Waals surface area (Å²) in [6, 6.07) is 9.23. The summed E-state index contributed by atoms with van der Waals surface area (Å²) < 4.78 is 16.0. The van der Waals surface area contributed by atoms with Crippen molar-refractivity contribution >= 4 is 34.4 Å². The lowest BCUT2D eigenvalue weighted by Gasteiger charge is -2.35. The molecule has 0 spiro atoms. The molecule has 0 radical (unpaired) electrons. The first-order valence-electron chi connectivity index (χ1n) is 9.33. The van der Waals surface area contributed by atoms with E-state index in [4.69, 9.17) is 14.2 Å². The van der Waals surface area contributed by atoms with Crippen LogP contribution in [0.1, 0.15) is 27.7 Å². The Kier molecular flexibility index (Phi) is 5.83. The van der Waals surface area contributed by atoms with Crippen LogP contribution in [-0.2, 0) is 28.6 Å². The van der Waals surface area contributed by atoms with Gasteiger partial charge in [0.1, 0.15) is 5.60 Å². The Morgan fingerprint density at radius 3 is 2.72 bits per heavy atom. The molecule has 0 bridgehead atoms. The summed E-state index contributed by atoms with van der Waals surface area (Å²) >= 11 is 0. The Hall–Kier alpha value is -3.00. The Morgan fingerprint density at radius 1 is 1.28 bits per heavy atom. The van der Waals surface area contributed by atoms with Gasteiger partial charge in [-0.05, 0) is 39.0 Å². The lowest BCUT2D eigenvalue weighted by atomic mass is 10.1. The van der Waals surface area contributed by atoms with E-state index in [0.717, 1.165) is 17.8 Å². The number of ether oxygens (including phenoxy) is 3. The van der Waals surface area contributed by atoms with Gasteiger partial charge in [-0.2, -0.15) is 0 Å². The second-order valence-electron chi connectivity index (χ2n) is 7.73. The second-order valence-corrected chi connectivity index (χ2v) is 7.73. The van der Waals surface area contributed by atoms with E-state index in [1.807, 2.05) is 18.2 Å². The summed E-state index contributed by atoms with van der Waals surface area (Å²) in [4.78, 5) is 43.1. The van der Waals surface area contributed by atoms with Gasteiger partial charge in [-0.15, -0.1) is 0 Å². The van der Waals surface area contributed by atoms with Gasteiger partial charge < -0.3 is 19.1 Å². The van der Waals surface area contributed by atoms with E-state index >= 15 is 0 Å². The molecule has 2 aromatic rings. The highest BCUT2D eigenvalue weighted by atomic mass is 16.6. The number of fused-ring (bicyclic) bond motifs is 1. The summed E-state index contributed by atoms with van der Waals surface area (Å²) in [5.41, 5.74) is 0.557. The smallest absolute Gasteiger partial charge is 0.351 e. The highest BCUT2D eigenvalue weighted by Gasteiger charge is 2.44. The molecule has 29 heavy (non-hydrogen) atoms. The fraction of sp³-hybridized carbons (Fsp3) is 0.429. The third kappa shape index (κ3) is 4.89. The van der Waals surface area contributed by atoms with Gasteiger partial charge in [0.25, 0.3) is 5.91 Å². The van der Waals surface area contributed by atoms with E-state index in [2.05, 4.69) is 4.98 Å². The monoisotopic (exact) mass is 400 g/mol. The predicted molar refractivity (Wildman–Crippen MR) is 105 cm³/mol. The molecule has 2 heterocycles. The molecule has 1 saturated heterocycles. The molecule has 3 rings (SSSR count). The molecule has 2 atom stereocenters. The third-order valence-electron chi connectivity index (χ3n) is 4.23. The maximum absolute atomic E-state index is 13.1. The topological polar surface area (TPSA) is 95.0 Å². The molecule has 1 aromatic carbocycles. The van der Waals surface area contributed by atoms with Crippen molar-refractivity contribution < 1.29 is 28.6 Å². The van der Waals surface area contributed by atoms with Crippen molar-refractivity contribution in [2.75, 3.05) is 18.1 Å². The number of rotatable bonds is 4. The summed E-state index contributed by atoms with van der Waals surface area (Å²) in [7, 11) is 0. The number of anilines is 1. The highest BCUT2D eigenvalue weighted by molar-refractivity contribution is 6.02. The number of hydrogen-bond acceptors (Lipinski definition) is 7. The molecule has 8 nitrogen and oxygen atoms in total. The Balaban J connectivity index is 1.88. The Bertz CT molecular complexity index is 936. The highest BCUT2D eigenvalue weighted by Crippen LogP contribution is 2.25. The molecular weight excluding hydrogens is 376 g/mol. The molecule has 1 aromatic heterocycles. The number of nitrogens with zero attached hydrogens (tertiary/aromatic N) is 2. The first kappa shape index (κ1) is 20.7. The first-order valence-corrected chi connectivity index (χ1v) is 9.33. The second kappa shape index (κ2) is 8.16. The van der Waals surface area contributed by atoms with Crippen LogP contribution in [0.3, 0.4) is 0 Å². The number of carbonyl (C=O) groups is 3. The Morgan fingerprint density at radius 2 is 2.03 bits per heavy atom. The van der Waals surface area contributed by atoms with Crippen molar-refractivity contribution in [1.29, 1.82) is 0 Å². The molecule has 154 valence electrons. The molecule has 1 amide bonds. The minimum atomic E-state index is -1.49. The first-order chi connectivity index (χ1) is 13.7. The van der Waals surface area contributed by atoms with Crippen molar-refractivity contribution in [2.24, 2.45) is 0 Å². The molecule has 0 saturated carbocycles. The molecule has 0 N–H and O–H groups in total. The number of esters is 2. The van der Waals surface area contributed by atoms with Gasteiger partial charge in [0, 0.05) is 30.7 Å². The lowest BCUT2D eigenvalue weighted by molar-refractivity contribution is -0.188. The molecule has 0 aliphatic carbocycles. The number of aromatic nitrogens is 1. The summed E-state index contributed by atoms with van der Waals surface area (Å²) in [5.74, 6) is -2.01. The van der Waals surface area contributed by atoms with E-state index in [9.17, 15) is 14.4 Å². The van der Waals surface area contributed by atoms with Crippen LogP contribution in [0.5, 0.6) is 0 Å². The van der Waals surface area contributed by atoms with Crippen LogP contribution in [0, 0.1) is 0 Å². The van der Waals surface area contributed by atoms with Gasteiger partial charge in [0.2, 0.25) is 6.10 Å². The van der Waals surface area contributed by atoms with Crippen molar-refractivity contribution in [3.63, 3.8) is 0 Å². The molecule has 1 fully saturated rings. The largest absolute Gasteiger partial charge is 0.457 e. The Labute approximate surface area is 168 Å². The normalized spacial score (nSPS) is 18.4. The molecule has 8 heteroatoms. The zero-order chi connectivity index (χ0) is 21.2. The van der Waals surface area contributed by atoms with Gasteiger partial charge >= 0.3 is 11.9 Å². The number of carbonyl (C=O) groups excluding carboxylic acids is 3. The van der Waals surface area contributed by atoms with E-state index < -0.39 is 35.7 Å². The number of benzene rings is 1. The zero-order valence-electron chi connectivity index (χ0n) is 16.9. The van der Waals surface area contributed by atoms with E-state index in [1.54, 1.807) is 39.1 Å². The number of pyridine rings is 1. The zero-order valence-corrected chi connectivity index (χ0v) is 16.9. The van der Waals surface area contributed by atoms with E-state index in [0.29, 0.717) is 12.2 Å². The van der Waals surface area contributed by atoms with Gasteiger partial charge in [0.05, 0.1) is 12.1 Å². The van der Waals surface area contributed by atoms with Crippen LogP contribution < -0.4 is 4.90 Å². The average Bonchev–Trinajstić information content (AvgIpc) is 2.64. The van der Waals surface area contributed by atoms with Gasteiger partial charge in [-0.25, -0.2) is 4.79 Å². The van der Waals surface area contributed by atoms with Gasteiger partial charge in [-0.1, -0.05) is 12.1 Å². The van der Waals surface area contributed by atoms with E-state index in [-0.39, 0.29) is 6.61 Å². The maximum Gasteiger partial charge on any atom is 0.351 e. The lowest BCUT2D eigenvalue weighted by Crippen LogP contribution is -2.56. The van der Waals surface area contributed by atoms with Crippen LogP contribution in [-0.4, -0.2) is 53.8 Å². The summed E-state index contributed by atoms with van der Waals surface area (Å²) in [6.07, 6.45) is -1.10. The van der Waals surface area contributed by atoms with Gasteiger partial charge in [-0.3, -0.25) is 14.6 Å². The number of amides is 1. The minimum Gasteiger partial charge on any atom is -0.457 e. The SMILES string of the molecule is CC(=O)O[C@@H](C(=O)OC(C)(C)C)[C@H]1OCCN(c2ccc3cccnc3c2)C1=O. The summed E-state index contributed by atoms with van der Waals surface area (Å²) in [5, 5.41) is 0.944. The van der Waals surface area contributed by atoms with Crippen LogP contribution in [0.4, 0.5) is 5.69 Å². The van der Waals surface area contributed by atoms with Crippen LogP contribution >= 0.6 is 0 Å². The van der Waals surface area contributed by atoms with Crippen molar-refractivity contribution in [2.45, 2.75) is 45.5 Å². The van der Waals surface area contributed by atoms with Crippen LogP contribution in [0.2, 0.25) is 0 Å². The van der Waals surface area contributed by atoms with E-state index in [1.165, 1.54) is 4.90 Å². The summed E-state index contributed by atoms with van der Waals surface area (Å²) in [6.45, 7) is 6.71. The predicted octanol–water partition coefficient (Wildman–Crippen LogP) is 2.24. The molecular formula is C21H24N2O6. The quantitative estimate of drug-likeness (QED) is 0.727. The molecule has 0 unspecified atom stereocenters. The van der Waals surface area contributed by atoms with Crippen LogP contribution in [0.15, 0.2) is 36.5 Å². The maximum atomic E-state index is 13.1. The van der Waals surface area contributed by atoms with Crippen molar-refractivity contribution in [3.8, 4) is 0 Å². The van der Waals surface area contributed by atoms with Crippen LogP contribution in [0.25, 0.3) is 10.9 Å². The van der Waals surface area contributed by atoms with Crippen molar-refractivity contribution in [3.05, 3.63) is 36.5 Å². The minimum absolute atomic E-state index is 0.178. The fourth-order valence-corrected chi connectivity index (χ4v) is 3.07. The van der Waals surface area contributed by atoms with Crippen molar-refractivity contribution in [1.82, 2.24) is 4.98 Å². The average molecular weight is 400 g/mol. The molecule has 1 aliphatic heterocycles. The fourth-order valence-electron chi connectivity index (χ4n) is 3.07.